The fourth-order valence-electron chi connectivity index (χ4n) is 4.02. The van der Waals surface area contributed by atoms with Gasteiger partial charge in [-0.05, 0) is 42.9 Å². The van der Waals surface area contributed by atoms with Crippen LogP contribution in [0, 0.1) is 19.8 Å². The van der Waals surface area contributed by atoms with Gasteiger partial charge < -0.3 is 10.0 Å². The number of benzene rings is 1. The Morgan fingerprint density at radius 2 is 1.96 bits per heavy atom. The molecule has 1 N–H and O–H groups in total. The molecular weight excluding hydrogens is 354 g/mol. The first-order chi connectivity index (χ1) is 13.3. The fraction of sp³-hybridized carbons (Fsp3) is 0.500. The SMILES string of the molecule is Cc1nn(CC(C)C)c(C)c1CCC(=O)N1Cc2ccccc2C(C(=O)O)C1. The molecule has 2 heterocycles. The van der Waals surface area contributed by atoms with Crippen molar-refractivity contribution in [1.82, 2.24) is 14.7 Å². The molecule has 0 saturated heterocycles. The lowest BCUT2D eigenvalue weighted by Gasteiger charge is -2.33. The Labute approximate surface area is 166 Å². The molecule has 1 aliphatic rings. The average Bonchev–Trinajstić information content (AvgIpc) is 2.91. The van der Waals surface area contributed by atoms with Gasteiger partial charge in [0.15, 0.2) is 0 Å². The summed E-state index contributed by atoms with van der Waals surface area (Å²) in [5.74, 6) is -1.04. The highest BCUT2D eigenvalue weighted by molar-refractivity contribution is 5.81. The average molecular weight is 383 g/mol. The van der Waals surface area contributed by atoms with Gasteiger partial charge in [-0.3, -0.25) is 14.3 Å². The van der Waals surface area contributed by atoms with E-state index >= 15 is 0 Å². The molecule has 1 atom stereocenters. The summed E-state index contributed by atoms with van der Waals surface area (Å²) in [4.78, 5) is 26.2. The van der Waals surface area contributed by atoms with E-state index in [-0.39, 0.29) is 12.5 Å². The Bertz CT molecular complexity index is 885. The maximum Gasteiger partial charge on any atom is 0.312 e. The van der Waals surface area contributed by atoms with Crippen LogP contribution < -0.4 is 0 Å². The summed E-state index contributed by atoms with van der Waals surface area (Å²) in [6.45, 7) is 9.93. The normalized spacial score (nSPS) is 16.3. The van der Waals surface area contributed by atoms with E-state index in [9.17, 15) is 14.7 Å². The van der Waals surface area contributed by atoms with Gasteiger partial charge in [0, 0.05) is 31.7 Å². The molecule has 1 unspecified atom stereocenters. The van der Waals surface area contributed by atoms with Crippen LogP contribution in [0.4, 0.5) is 0 Å². The van der Waals surface area contributed by atoms with E-state index in [1.165, 1.54) is 0 Å². The first-order valence-electron chi connectivity index (χ1n) is 9.89. The van der Waals surface area contributed by atoms with Crippen molar-refractivity contribution >= 4 is 11.9 Å². The number of carboxylic acid groups (broad SMARTS) is 1. The van der Waals surface area contributed by atoms with Crippen LogP contribution in [0.25, 0.3) is 0 Å². The molecule has 1 aromatic carbocycles. The molecule has 150 valence electrons. The third kappa shape index (κ3) is 4.11. The maximum atomic E-state index is 12.9. The first-order valence-corrected chi connectivity index (χ1v) is 9.89. The molecule has 1 aromatic heterocycles. The second kappa shape index (κ2) is 8.17. The van der Waals surface area contributed by atoms with Gasteiger partial charge in [0.05, 0.1) is 11.6 Å². The summed E-state index contributed by atoms with van der Waals surface area (Å²) in [5, 5.41) is 14.2. The molecule has 0 saturated carbocycles. The molecule has 1 amide bonds. The predicted molar refractivity (Wildman–Crippen MR) is 107 cm³/mol. The lowest BCUT2D eigenvalue weighted by atomic mass is 9.89. The van der Waals surface area contributed by atoms with Crippen molar-refractivity contribution in [2.75, 3.05) is 6.54 Å². The number of carbonyl (C=O) groups is 2. The first kappa shape index (κ1) is 20.1. The Morgan fingerprint density at radius 3 is 2.64 bits per heavy atom. The highest BCUT2D eigenvalue weighted by atomic mass is 16.4. The summed E-state index contributed by atoms with van der Waals surface area (Å²) in [5.41, 5.74) is 4.96. The van der Waals surface area contributed by atoms with Crippen molar-refractivity contribution in [1.29, 1.82) is 0 Å². The van der Waals surface area contributed by atoms with Crippen molar-refractivity contribution in [3.05, 3.63) is 52.3 Å². The monoisotopic (exact) mass is 383 g/mol. The number of rotatable bonds is 6. The Hall–Kier alpha value is -2.63. The number of carbonyl (C=O) groups excluding carboxylic acids is 1. The molecule has 3 rings (SSSR count). The Balaban J connectivity index is 1.71. The van der Waals surface area contributed by atoms with Crippen LogP contribution in [0.15, 0.2) is 24.3 Å². The highest BCUT2D eigenvalue weighted by Crippen LogP contribution is 2.29. The minimum absolute atomic E-state index is 0.00355. The summed E-state index contributed by atoms with van der Waals surface area (Å²) in [6.07, 6.45) is 0.994. The Morgan fingerprint density at radius 1 is 1.25 bits per heavy atom. The maximum absolute atomic E-state index is 12.9. The van der Waals surface area contributed by atoms with E-state index < -0.39 is 11.9 Å². The predicted octanol–water partition coefficient (Wildman–Crippen LogP) is 3.30. The minimum atomic E-state index is -0.883. The van der Waals surface area contributed by atoms with Crippen LogP contribution in [0.2, 0.25) is 0 Å². The zero-order valence-corrected chi connectivity index (χ0v) is 17.1. The topological polar surface area (TPSA) is 75.4 Å². The van der Waals surface area contributed by atoms with Crippen molar-refractivity contribution < 1.29 is 14.7 Å². The van der Waals surface area contributed by atoms with Gasteiger partial charge in [0.25, 0.3) is 0 Å². The third-order valence-electron chi connectivity index (χ3n) is 5.50. The summed E-state index contributed by atoms with van der Waals surface area (Å²) >= 11 is 0. The van der Waals surface area contributed by atoms with E-state index in [2.05, 4.69) is 25.9 Å². The van der Waals surface area contributed by atoms with E-state index in [4.69, 9.17) is 0 Å². The van der Waals surface area contributed by atoms with Crippen LogP contribution in [-0.2, 0) is 29.1 Å². The van der Waals surface area contributed by atoms with E-state index in [1.54, 1.807) is 4.90 Å². The lowest BCUT2D eigenvalue weighted by molar-refractivity contribution is -0.141. The second-order valence-corrected chi connectivity index (χ2v) is 8.09. The van der Waals surface area contributed by atoms with Gasteiger partial charge in [-0.1, -0.05) is 38.1 Å². The number of carboxylic acids is 1. The fourth-order valence-corrected chi connectivity index (χ4v) is 4.02. The molecule has 6 heteroatoms. The smallest absolute Gasteiger partial charge is 0.312 e. The van der Waals surface area contributed by atoms with Crippen molar-refractivity contribution in [2.45, 2.75) is 59.5 Å². The summed E-state index contributed by atoms with van der Waals surface area (Å²) < 4.78 is 2.03. The van der Waals surface area contributed by atoms with Crippen LogP contribution in [0.3, 0.4) is 0 Å². The number of aromatic nitrogens is 2. The van der Waals surface area contributed by atoms with Crippen LogP contribution in [0.1, 0.15) is 54.3 Å². The van der Waals surface area contributed by atoms with E-state index in [1.807, 2.05) is 35.9 Å². The van der Waals surface area contributed by atoms with Crippen LogP contribution in [0.5, 0.6) is 0 Å². The molecular formula is C22H29N3O3. The van der Waals surface area contributed by atoms with Crippen LogP contribution >= 0.6 is 0 Å². The van der Waals surface area contributed by atoms with Crippen molar-refractivity contribution in [2.24, 2.45) is 5.92 Å². The van der Waals surface area contributed by atoms with Gasteiger partial charge in [0.1, 0.15) is 0 Å². The number of hydrogen-bond acceptors (Lipinski definition) is 3. The molecule has 0 spiro atoms. The molecule has 0 fully saturated rings. The molecule has 6 nitrogen and oxygen atoms in total. The van der Waals surface area contributed by atoms with Gasteiger partial charge in [-0.2, -0.15) is 5.10 Å². The quantitative estimate of drug-likeness (QED) is 0.830. The van der Waals surface area contributed by atoms with Gasteiger partial charge in [-0.15, -0.1) is 0 Å². The van der Waals surface area contributed by atoms with Crippen LogP contribution in [-0.4, -0.2) is 38.2 Å². The largest absolute Gasteiger partial charge is 0.481 e. The number of hydrogen-bond donors (Lipinski definition) is 1. The molecule has 0 bridgehead atoms. The van der Waals surface area contributed by atoms with E-state index in [0.717, 1.165) is 34.6 Å². The molecule has 0 radical (unpaired) electrons. The molecule has 1 aliphatic heterocycles. The number of fused-ring (bicyclic) bond motifs is 1. The third-order valence-corrected chi connectivity index (χ3v) is 5.50. The van der Waals surface area contributed by atoms with Gasteiger partial charge in [-0.25, -0.2) is 0 Å². The minimum Gasteiger partial charge on any atom is -0.481 e. The number of nitrogens with zero attached hydrogens (tertiary/aromatic N) is 3. The lowest BCUT2D eigenvalue weighted by Crippen LogP contribution is -2.40. The zero-order chi connectivity index (χ0) is 20.4. The standard InChI is InChI=1S/C22H29N3O3/c1-14(2)11-25-16(4)18(15(3)23-25)9-10-21(26)24-12-17-7-5-6-8-19(17)20(13-24)22(27)28/h5-8,14,20H,9-13H2,1-4H3,(H,27,28). The van der Waals surface area contributed by atoms with Gasteiger partial charge in [0.2, 0.25) is 5.91 Å². The van der Waals surface area contributed by atoms with E-state index in [0.29, 0.717) is 25.3 Å². The molecule has 2 aromatic rings. The zero-order valence-electron chi connectivity index (χ0n) is 17.1. The number of aryl methyl sites for hydroxylation is 1. The number of amides is 1. The second-order valence-electron chi connectivity index (χ2n) is 8.09. The molecule has 0 aliphatic carbocycles. The summed E-state index contributed by atoms with van der Waals surface area (Å²) in [7, 11) is 0. The highest BCUT2D eigenvalue weighted by Gasteiger charge is 2.32. The number of aliphatic carboxylic acids is 1. The molecule has 28 heavy (non-hydrogen) atoms. The Kier molecular flexibility index (Phi) is 5.87. The summed E-state index contributed by atoms with van der Waals surface area (Å²) in [6, 6.07) is 7.51. The van der Waals surface area contributed by atoms with Crippen molar-refractivity contribution in [3.8, 4) is 0 Å². The van der Waals surface area contributed by atoms with Crippen molar-refractivity contribution in [3.63, 3.8) is 0 Å². The van der Waals surface area contributed by atoms with Gasteiger partial charge >= 0.3 is 5.97 Å².